The van der Waals surface area contributed by atoms with Crippen LogP contribution < -0.4 is 14.2 Å². The number of fused-ring (bicyclic) bond motifs is 1. The van der Waals surface area contributed by atoms with Gasteiger partial charge in [-0.15, -0.1) is 0 Å². The molecule has 0 N–H and O–H groups in total. The normalized spacial score (nSPS) is 14.3. The lowest BCUT2D eigenvalue weighted by Gasteiger charge is -2.20. The Hall–Kier alpha value is -2.20. The van der Waals surface area contributed by atoms with Crippen LogP contribution in [0.4, 0.5) is 0 Å². The third-order valence-corrected chi connectivity index (χ3v) is 3.78. The fourth-order valence-corrected chi connectivity index (χ4v) is 2.36. The number of rotatable bonds is 3. The maximum Gasteiger partial charge on any atom is 0.318 e. The lowest BCUT2D eigenvalue weighted by atomic mass is 10.0. The molecule has 1 heterocycles. The van der Waals surface area contributed by atoms with Crippen LogP contribution in [0.1, 0.15) is 18.4 Å². The minimum Gasteiger partial charge on any atom is -0.486 e. The second-order valence-electron chi connectivity index (χ2n) is 4.98. The van der Waals surface area contributed by atoms with Gasteiger partial charge in [0, 0.05) is 0 Å². The average molecular weight is 319 g/mol. The van der Waals surface area contributed by atoms with E-state index in [1.165, 1.54) is 0 Å². The van der Waals surface area contributed by atoms with Gasteiger partial charge in [0.15, 0.2) is 11.5 Å². The summed E-state index contributed by atoms with van der Waals surface area (Å²) in [7, 11) is 0. The van der Waals surface area contributed by atoms with Crippen molar-refractivity contribution >= 4 is 17.6 Å². The zero-order chi connectivity index (χ0) is 15.5. The van der Waals surface area contributed by atoms with Crippen molar-refractivity contribution in [2.75, 3.05) is 13.2 Å². The Balaban J connectivity index is 1.77. The Kier molecular flexibility index (Phi) is 4.20. The summed E-state index contributed by atoms with van der Waals surface area (Å²) in [4.78, 5) is 12.3. The van der Waals surface area contributed by atoms with E-state index in [0.29, 0.717) is 35.5 Å². The lowest BCUT2D eigenvalue weighted by Crippen LogP contribution is -2.18. The second-order valence-corrected chi connectivity index (χ2v) is 5.38. The monoisotopic (exact) mass is 318 g/mol. The molecule has 22 heavy (non-hydrogen) atoms. The van der Waals surface area contributed by atoms with E-state index >= 15 is 0 Å². The molecule has 0 saturated heterocycles. The SMILES string of the molecule is CC(C(=O)Oc1ccccc1Cl)c1ccc2c(c1)OCCO2. The Bertz CT molecular complexity index is 699. The highest BCUT2D eigenvalue weighted by Crippen LogP contribution is 2.34. The molecule has 0 saturated carbocycles. The molecule has 0 bridgehead atoms. The van der Waals surface area contributed by atoms with Gasteiger partial charge in [0.2, 0.25) is 0 Å². The molecule has 0 amide bonds. The summed E-state index contributed by atoms with van der Waals surface area (Å²) in [5.74, 6) is 0.901. The average Bonchev–Trinajstić information content (AvgIpc) is 2.55. The topological polar surface area (TPSA) is 44.8 Å². The number of carbonyl (C=O) groups excluding carboxylic acids is 1. The van der Waals surface area contributed by atoms with Gasteiger partial charge in [0.25, 0.3) is 0 Å². The number of carbonyl (C=O) groups is 1. The Morgan fingerprint density at radius 2 is 1.86 bits per heavy atom. The Labute approximate surface area is 133 Å². The summed E-state index contributed by atoms with van der Waals surface area (Å²) in [6.07, 6.45) is 0. The number of halogens is 1. The van der Waals surface area contributed by atoms with E-state index < -0.39 is 5.92 Å². The van der Waals surface area contributed by atoms with Crippen molar-refractivity contribution in [1.82, 2.24) is 0 Å². The van der Waals surface area contributed by atoms with Crippen LogP contribution in [0, 0.1) is 0 Å². The zero-order valence-electron chi connectivity index (χ0n) is 12.0. The molecule has 1 aliphatic heterocycles. The molecule has 0 radical (unpaired) electrons. The minimum absolute atomic E-state index is 0.360. The number of esters is 1. The zero-order valence-corrected chi connectivity index (χ0v) is 12.8. The summed E-state index contributed by atoms with van der Waals surface area (Å²) < 4.78 is 16.4. The summed E-state index contributed by atoms with van der Waals surface area (Å²) >= 11 is 6.00. The molecule has 2 aromatic carbocycles. The molecule has 0 aliphatic carbocycles. The largest absolute Gasteiger partial charge is 0.486 e. The van der Waals surface area contributed by atoms with Crippen LogP contribution in [0.2, 0.25) is 5.02 Å². The van der Waals surface area contributed by atoms with E-state index in [1.54, 1.807) is 31.2 Å². The highest BCUT2D eigenvalue weighted by atomic mass is 35.5. The number of para-hydroxylation sites is 1. The van der Waals surface area contributed by atoms with Crippen molar-refractivity contribution in [3.63, 3.8) is 0 Å². The molecular formula is C17H15ClO4. The van der Waals surface area contributed by atoms with E-state index in [1.807, 2.05) is 18.2 Å². The van der Waals surface area contributed by atoms with Gasteiger partial charge in [-0.1, -0.05) is 29.8 Å². The fourth-order valence-electron chi connectivity index (χ4n) is 2.19. The third-order valence-electron chi connectivity index (χ3n) is 3.47. The molecule has 0 spiro atoms. The molecule has 2 aromatic rings. The molecule has 5 heteroatoms. The maximum absolute atomic E-state index is 12.3. The number of ether oxygens (including phenoxy) is 3. The summed E-state index contributed by atoms with van der Waals surface area (Å²) in [6.45, 7) is 2.83. The molecule has 1 atom stereocenters. The third kappa shape index (κ3) is 3.02. The van der Waals surface area contributed by atoms with Crippen molar-refractivity contribution in [2.24, 2.45) is 0 Å². The van der Waals surface area contributed by atoms with Crippen molar-refractivity contribution in [3.05, 3.63) is 53.1 Å². The quantitative estimate of drug-likeness (QED) is 0.637. The Morgan fingerprint density at radius 1 is 1.14 bits per heavy atom. The molecule has 1 unspecified atom stereocenters. The smallest absolute Gasteiger partial charge is 0.318 e. The number of hydrogen-bond acceptors (Lipinski definition) is 4. The summed E-state index contributed by atoms with van der Waals surface area (Å²) in [5.41, 5.74) is 0.807. The highest BCUT2D eigenvalue weighted by molar-refractivity contribution is 6.32. The predicted molar refractivity (Wildman–Crippen MR) is 82.9 cm³/mol. The van der Waals surface area contributed by atoms with Gasteiger partial charge in [-0.2, -0.15) is 0 Å². The van der Waals surface area contributed by atoms with E-state index in [4.69, 9.17) is 25.8 Å². The van der Waals surface area contributed by atoms with Gasteiger partial charge in [0.05, 0.1) is 10.9 Å². The minimum atomic E-state index is -0.438. The van der Waals surface area contributed by atoms with Gasteiger partial charge < -0.3 is 14.2 Å². The standard InChI is InChI=1S/C17H15ClO4/c1-11(17(19)22-14-5-3-2-4-13(14)18)12-6-7-15-16(10-12)21-9-8-20-15/h2-7,10-11H,8-9H2,1H3. The van der Waals surface area contributed by atoms with Crippen molar-refractivity contribution < 1.29 is 19.0 Å². The predicted octanol–water partition coefficient (Wildman–Crippen LogP) is 3.82. The van der Waals surface area contributed by atoms with Gasteiger partial charge in [-0.25, -0.2) is 0 Å². The van der Waals surface area contributed by atoms with Crippen molar-refractivity contribution in [2.45, 2.75) is 12.8 Å². The van der Waals surface area contributed by atoms with E-state index in [9.17, 15) is 4.79 Å². The van der Waals surface area contributed by atoms with Crippen LogP contribution in [0.15, 0.2) is 42.5 Å². The van der Waals surface area contributed by atoms with E-state index in [0.717, 1.165) is 5.56 Å². The lowest BCUT2D eigenvalue weighted by molar-refractivity contribution is -0.135. The molecule has 0 fully saturated rings. The van der Waals surface area contributed by atoms with Gasteiger partial charge >= 0.3 is 5.97 Å². The van der Waals surface area contributed by atoms with E-state index in [-0.39, 0.29) is 5.97 Å². The van der Waals surface area contributed by atoms with Crippen LogP contribution in [0.25, 0.3) is 0 Å². The van der Waals surface area contributed by atoms with E-state index in [2.05, 4.69) is 0 Å². The van der Waals surface area contributed by atoms with Gasteiger partial charge in [-0.05, 0) is 36.8 Å². The molecule has 3 rings (SSSR count). The first-order valence-corrected chi connectivity index (χ1v) is 7.39. The molecule has 1 aliphatic rings. The van der Waals surface area contributed by atoms with Crippen LogP contribution in [0.5, 0.6) is 17.2 Å². The fraction of sp³-hybridized carbons (Fsp3) is 0.235. The van der Waals surface area contributed by atoms with Crippen molar-refractivity contribution in [1.29, 1.82) is 0 Å². The summed E-state index contributed by atoms with van der Waals surface area (Å²) in [5, 5.41) is 0.408. The first-order chi connectivity index (χ1) is 10.6. The number of hydrogen-bond donors (Lipinski definition) is 0. The van der Waals surface area contributed by atoms with Crippen LogP contribution in [-0.4, -0.2) is 19.2 Å². The van der Waals surface area contributed by atoms with Crippen LogP contribution in [0.3, 0.4) is 0 Å². The molecule has 0 aromatic heterocycles. The van der Waals surface area contributed by atoms with Crippen LogP contribution in [-0.2, 0) is 4.79 Å². The number of benzene rings is 2. The molecule has 4 nitrogen and oxygen atoms in total. The first-order valence-electron chi connectivity index (χ1n) is 7.01. The van der Waals surface area contributed by atoms with Crippen LogP contribution >= 0.6 is 11.6 Å². The first kappa shape index (κ1) is 14.7. The molecule has 114 valence electrons. The maximum atomic E-state index is 12.3. The second kappa shape index (κ2) is 6.28. The Morgan fingerprint density at radius 3 is 2.64 bits per heavy atom. The summed E-state index contributed by atoms with van der Waals surface area (Å²) in [6, 6.07) is 12.4. The van der Waals surface area contributed by atoms with Gasteiger partial charge in [-0.3, -0.25) is 4.79 Å². The van der Waals surface area contributed by atoms with Crippen molar-refractivity contribution in [3.8, 4) is 17.2 Å². The highest BCUT2D eigenvalue weighted by Gasteiger charge is 2.21. The van der Waals surface area contributed by atoms with Gasteiger partial charge in [0.1, 0.15) is 19.0 Å². The molecular weight excluding hydrogens is 304 g/mol.